The smallest absolute Gasteiger partial charge is 0.123 e. The van der Waals surface area contributed by atoms with Gasteiger partial charge in [0, 0.05) is 29.5 Å². The summed E-state index contributed by atoms with van der Waals surface area (Å²) in [6, 6.07) is 5.99. The Balaban J connectivity index is 2.66. The van der Waals surface area contributed by atoms with Crippen molar-refractivity contribution in [3.8, 4) is 5.75 Å². The second-order valence-corrected chi connectivity index (χ2v) is 5.35. The predicted octanol–water partition coefficient (Wildman–Crippen LogP) is 2.57. The highest BCUT2D eigenvalue weighted by molar-refractivity contribution is 9.10. The summed E-state index contributed by atoms with van der Waals surface area (Å²) in [7, 11) is 3.72. The van der Waals surface area contributed by atoms with Crippen LogP contribution in [0.4, 0.5) is 0 Å². The third kappa shape index (κ3) is 5.02. The summed E-state index contributed by atoms with van der Waals surface area (Å²) >= 11 is 8.33. The fraction of sp³-hybridized carbons (Fsp3) is 0.417. The lowest BCUT2D eigenvalue weighted by molar-refractivity contribution is 0.326. The van der Waals surface area contributed by atoms with Crippen LogP contribution in [0.3, 0.4) is 0 Å². The van der Waals surface area contributed by atoms with Crippen LogP contribution in [-0.2, 0) is 6.54 Å². The second kappa shape index (κ2) is 6.93. The fourth-order valence-electron chi connectivity index (χ4n) is 1.54. The van der Waals surface area contributed by atoms with Gasteiger partial charge in [-0.1, -0.05) is 28.1 Å². The van der Waals surface area contributed by atoms with Crippen molar-refractivity contribution in [1.29, 1.82) is 0 Å². The van der Waals surface area contributed by atoms with Gasteiger partial charge in [0.05, 0.1) is 12.1 Å². The molecule has 0 aromatic heterocycles. The van der Waals surface area contributed by atoms with Crippen LogP contribution in [-0.4, -0.2) is 30.6 Å². The molecule has 0 radical (unpaired) electrons. The molecule has 0 spiro atoms. The van der Waals surface area contributed by atoms with Crippen LogP contribution >= 0.6 is 28.1 Å². The van der Waals surface area contributed by atoms with E-state index in [-0.39, 0.29) is 0 Å². The maximum Gasteiger partial charge on any atom is 0.123 e. The number of methoxy groups -OCH3 is 1. The van der Waals surface area contributed by atoms with E-state index < -0.39 is 0 Å². The van der Waals surface area contributed by atoms with E-state index in [9.17, 15) is 0 Å². The zero-order valence-electron chi connectivity index (χ0n) is 10.1. The van der Waals surface area contributed by atoms with Gasteiger partial charge >= 0.3 is 0 Å². The Bertz CT molecular complexity index is 398. The lowest BCUT2D eigenvalue weighted by Gasteiger charge is -2.18. The third-order valence-electron chi connectivity index (χ3n) is 2.42. The standard InChI is InChI=1S/C12H17BrN2OS/c1-15(6-5-12(14)17)8-9-7-10(13)3-4-11(9)16-2/h3-4,7H,5-6,8H2,1-2H3,(H2,14,17). The highest BCUT2D eigenvalue weighted by atomic mass is 79.9. The number of halogens is 1. The zero-order chi connectivity index (χ0) is 12.8. The molecule has 0 heterocycles. The number of thiocarbonyl (C=S) groups is 1. The molecule has 0 fully saturated rings. The molecule has 3 nitrogen and oxygen atoms in total. The van der Waals surface area contributed by atoms with E-state index in [4.69, 9.17) is 22.7 Å². The predicted molar refractivity (Wildman–Crippen MR) is 78.4 cm³/mol. The number of nitrogens with two attached hydrogens (primary N) is 1. The summed E-state index contributed by atoms with van der Waals surface area (Å²) < 4.78 is 6.38. The van der Waals surface area contributed by atoms with Gasteiger partial charge in [-0.2, -0.15) is 0 Å². The lowest BCUT2D eigenvalue weighted by Crippen LogP contribution is -2.23. The molecule has 1 aromatic rings. The Morgan fingerprint density at radius 1 is 1.53 bits per heavy atom. The molecule has 0 unspecified atom stereocenters. The van der Waals surface area contributed by atoms with Gasteiger partial charge in [0.2, 0.25) is 0 Å². The van der Waals surface area contributed by atoms with Crippen molar-refractivity contribution in [2.75, 3.05) is 20.7 Å². The maximum atomic E-state index is 5.49. The first-order valence-electron chi connectivity index (χ1n) is 5.32. The minimum atomic E-state index is 0.554. The van der Waals surface area contributed by atoms with Crippen LogP contribution in [0, 0.1) is 0 Å². The van der Waals surface area contributed by atoms with Crippen LogP contribution < -0.4 is 10.5 Å². The number of benzene rings is 1. The molecule has 94 valence electrons. The highest BCUT2D eigenvalue weighted by Gasteiger charge is 2.07. The summed E-state index contributed by atoms with van der Waals surface area (Å²) in [4.78, 5) is 2.72. The molecule has 0 saturated carbocycles. The number of hydrogen-bond acceptors (Lipinski definition) is 3. The van der Waals surface area contributed by atoms with Crippen molar-refractivity contribution in [2.24, 2.45) is 5.73 Å². The Morgan fingerprint density at radius 3 is 2.82 bits per heavy atom. The Hall–Kier alpha value is -0.650. The average Bonchev–Trinajstić information content (AvgIpc) is 2.27. The molecular weight excluding hydrogens is 300 g/mol. The number of hydrogen-bond donors (Lipinski definition) is 1. The summed E-state index contributed by atoms with van der Waals surface area (Å²) in [6.07, 6.45) is 0.738. The first kappa shape index (κ1) is 14.4. The molecule has 1 rings (SSSR count). The van der Waals surface area contributed by atoms with Gasteiger partial charge in [0.1, 0.15) is 5.75 Å². The Labute approximate surface area is 116 Å². The molecule has 0 atom stereocenters. The van der Waals surface area contributed by atoms with Crippen LogP contribution in [0.15, 0.2) is 22.7 Å². The van der Waals surface area contributed by atoms with Crippen molar-refractivity contribution in [2.45, 2.75) is 13.0 Å². The van der Waals surface area contributed by atoms with E-state index in [0.29, 0.717) is 4.99 Å². The third-order valence-corrected chi connectivity index (χ3v) is 3.12. The maximum absolute atomic E-state index is 5.49. The SMILES string of the molecule is COc1ccc(Br)cc1CN(C)CCC(N)=S. The lowest BCUT2D eigenvalue weighted by atomic mass is 10.2. The summed E-state index contributed by atoms with van der Waals surface area (Å²) in [6.45, 7) is 1.66. The first-order valence-corrected chi connectivity index (χ1v) is 6.52. The first-order chi connectivity index (χ1) is 8.02. The normalized spacial score (nSPS) is 10.6. The average molecular weight is 317 g/mol. The highest BCUT2D eigenvalue weighted by Crippen LogP contribution is 2.23. The second-order valence-electron chi connectivity index (χ2n) is 3.91. The van der Waals surface area contributed by atoms with Gasteiger partial charge in [0.25, 0.3) is 0 Å². The van der Waals surface area contributed by atoms with Crippen molar-refractivity contribution in [3.05, 3.63) is 28.2 Å². The van der Waals surface area contributed by atoms with E-state index in [2.05, 4.69) is 26.9 Å². The monoisotopic (exact) mass is 316 g/mol. The summed E-state index contributed by atoms with van der Waals surface area (Å²) in [5.41, 5.74) is 6.63. The summed E-state index contributed by atoms with van der Waals surface area (Å²) in [5.74, 6) is 0.898. The van der Waals surface area contributed by atoms with E-state index in [1.54, 1.807) is 7.11 Å². The molecule has 1 aromatic carbocycles. The van der Waals surface area contributed by atoms with Gasteiger partial charge in [-0.25, -0.2) is 0 Å². The molecule has 17 heavy (non-hydrogen) atoms. The topological polar surface area (TPSA) is 38.5 Å². The molecule has 0 aliphatic rings. The van der Waals surface area contributed by atoms with Gasteiger partial charge in [-0.05, 0) is 25.2 Å². The molecule has 2 N–H and O–H groups in total. The Kier molecular flexibility index (Phi) is 5.88. The van der Waals surface area contributed by atoms with E-state index in [1.165, 1.54) is 0 Å². The molecule has 0 aliphatic carbocycles. The van der Waals surface area contributed by atoms with Gasteiger partial charge in [-0.15, -0.1) is 0 Å². The fourth-order valence-corrected chi connectivity index (χ4v) is 2.04. The molecule has 0 saturated heterocycles. The van der Waals surface area contributed by atoms with Crippen LogP contribution in [0.2, 0.25) is 0 Å². The Morgan fingerprint density at radius 2 is 2.24 bits per heavy atom. The van der Waals surface area contributed by atoms with Crippen molar-refractivity contribution >= 4 is 33.1 Å². The van der Waals surface area contributed by atoms with Crippen molar-refractivity contribution < 1.29 is 4.74 Å². The minimum Gasteiger partial charge on any atom is -0.496 e. The quantitative estimate of drug-likeness (QED) is 0.819. The van der Waals surface area contributed by atoms with Crippen LogP contribution in [0.5, 0.6) is 5.75 Å². The van der Waals surface area contributed by atoms with Crippen LogP contribution in [0.25, 0.3) is 0 Å². The summed E-state index contributed by atoms with van der Waals surface area (Å²) in [5, 5.41) is 0. The van der Waals surface area contributed by atoms with E-state index in [1.807, 2.05) is 19.2 Å². The largest absolute Gasteiger partial charge is 0.496 e. The molecular formula is C12H17BrN2OS. The van der Waals surface area contributed by atoms with E-state index in [0.717, 1.165) is 35.3 Å². The van der Waals surface area contributed by atoms with Crippen molar-refractivity contribution in [1.82, 2.24) is 4.90 Å². The van der Waals surface area contributed by atoms with Crippen molar-refractivity contribution in [3.63, 3.8) is 0 Å². The molecule has 0 bridgehead atoms. The number of ether oxygens (including phenoxy) is 1. The molecule has 5 heteroatoms. The minimum absolute atomic E-state index is 0.554. The number of rotatable bonds is 6. The van der Waals surface area contributed by atoms with Gasteiger partial charge in [0.15, 0.2) is 0 Å². The zero-order valence-corrected chi connectivity index (χ0v) is 12.5. The van der Waals surface area contributed by atoms with E-state index >= 15 is 0 Å². The van der Waals surface area contributed by atoms with Gasteiger partial charge in [-0.3, -0.25) is 0 Å². The van der Waals surface area contributed by atoms with Gasteiger partial charge < -0.3 is 15.4 Å². The molecule has 0 amide bonds. The molecule has 0 aliphatic heterocycles. The van der Waals surface area contributed by atoms with Crippen LogP contribution in [0.1, 0.15) is 12.0 Å². The number of nitrogens with zero attached hydrogens (tertiary/aromatic N) is 1.